The first-order chi connectivity index (χ1) is 10.1. The Bertz CT molecular complexity index is 754. The number of amides is 1. The summed E-state index contributed by atoms with van der Waals surface area (Å²) in [4.78, 5) is 17.6. The van der Waals surface area contributed by atoms with Crippen molar-refractivity contribution in [1.29, 1.82) is 0 Å². The molecule has 110 valence electrons. The third-order valence-corrected chi connectivity index (χ3v) is 6.35. The number of fused-ring (bicyclic) bond motifs is 1. The van der Waals surface area contributed by atoms with E-state index >= 15 is 0 Å². The number of carbonyl (C=O) groups excluding carboxylic acids is 1. The van der Waals surface area contributed by atoms with Gasteiger partial charge in [0.05, 0.1) is 0 Å². The predicted octanol–water partition coefficient (Wildman–Crippen LogP) is 1.50. The standard InChI is InChI=1S/C14H14N2O3S2/c17-13(10-21(18,19)14-15-6-8-20-14)16-7-5-11-3-1-2-4-12(11)9-16/h1-4,6,8H,5,7,9-10H2. The van der Waals surface area contributed by atoms with Gasteiger partial charge < -0.3 is 4.90 Å². The largest absolute Gasteiger partial charge is 0.337 e. The van der Waals surface area contributed by atoms with E-state index in [1.165, 1.54) is 11.8 Å². The average molecular weight is 322 g/mol. The molecule has 1 aliphatic rings. The Morgan fingerprint density at radius 3 is 2.76 bits per heavy atom. The van der Waals surface area contributed by atoms with Gasteiger partial charge in [-0.1, -0.05) is 24.3 Å². The highest BCUT2D eigenvalue weighted by atomic mass is 32.2. The van der Waals surface area contributed by atoms with E-state index in [4.69, 9.17) is 0 Å². The molecule has 1 aromatic carbocycles. The van der Waals surface area contributed by atoms with E-state index in [9.17, 15) is 13.2 Å². The molecule has 0 radical (unpaired) electrons. The van der Waals surface area contributed by atoms with Gasteiger partial charge in [-0.2, -0.15) is 0 Å². The highest BCUT2D eigenvalue weighted by Crippen LogP contribution is 2.20. The van der Waals surface area contributed by atoms with Crippen molar-refractivity contribution in [2.45, 2.75) is 17.3 Å². The summed E-state index contributed by atoms with van der Waals surface area (Å²) in [5.74, 6) is -0.873. The molecule has 2 aromatic rings. The smallest absolute Gasteiger partial charge is 0.238 e. The van der Waals surface area contributed by atoms with E-state index in [0.29, 0.717) is 13.1 Å². The van der Waals surface area contributed by atoms with Crippen LogP contribution < -0.4 is 0 Å². The molecular weight excluding hydrogens is 308 g/mol. The van der Waals surface area contributed by atoms with Crippen molar-refractivity contribution in [2.75, 3.05) is 12.3 Å². The summed E-state index contributed by atoms with van der Waals surface area (Å²) in [5.41, 5.74) is 2.31. The molecule has 3 rings (SSSR count). The maximum atomic E-state index is 12.2. The fourth-order valence-corrected chi connectivity index (χ4v) is 4.53. The number of nitrogens with zero attached hydrogens (tertiary/aromatic N) is 2. The van der Waals surface area contributed by atoms with Crippen molar-refractivity contribution in [3.05, 3.63) is 47.0 Å². The van der Waals surface area contributed by atoms with Gasteiger partial charge in [0.1, 0.15) is 5.75 Å². The summed E-state index contributed by atoms with van der Waals surface area (Å²) in [5, 5.41) is 1.59. The highest BCUT2D eigenvalue weighted by molar-refractivity contribution is 7.93. The van der Waals surface area contributed by atoms with Crippen molar-refractivity contribution in [3.8, 4) is 0 Å². The van der Waals surface area contributed by atoms with Gasteiger partial charge in [-0.05, 0) is 17.5 Å². The molecular formula is C14H14N2O3S2. The maximum Gasteiger partial charge on any atom is 0.238 e. The lowest BCUT2D eigenvalue weighted by atomic mass is 10.00. The van der Waals surface area contributed by atoms with Crippen LogP contribution in [0.15, 0.2) is 40.2 Å². The van der Waals surface area contributed by atoms with E-state index in [2.05, 4.69) is 4.98 Å². The molecule has 5 nitrogen and oxygen atoms in total. The molecule has 0 aliphatic carbocycles. The molecule has 0 N–H and O–H groups in total. The molecule has 0 atom stereocenters. The summed E-state index contributed by atoms with van der Waals surface area (Å²) in [6, 6.07) is 7.93. The predicted molar refractivity (Wildman–Crippen MR) is 79.7 cm³/mol. The summed E-state index contributed by atoms with van der Waals surface area (Å²) < 4.78 is 24.2. The van der Waals surface area contributed by atoms with E-state index in [1.807, 2.05) is 24.3 Å². The average Bonchev–Trinajstić information content (AvgIpc) is 3.01. The van der Waals surface area contributed by atoms with E-state index < -0.39 is 15.6 Å². The molecule has 0 fully saturated rings. The first-order valence-corrected chi connectivity index (χ1v) is 9.06. The second kappa shape index (κ2) is 5.57. The van der Waals surface area contributed by atoms with Crippen molar-refractivity contribution in [1.82, 2.24) is 9.88 Å². The molecule has 0 spiro atoms. The van der Waals surface area contributed by atoms with Crippen LogP contribution in [0.4, 0.5) is 0 Å². The van der Waals surface area contributed by atoms with Crippen molar-refractivity contribution < 1.29 is 13.2 Å². The minimum atomic E-state index is -3.63. The van der Waals surface area contributed by atoms with Crippen LogP contribution in [0.1, 0.15) is 11.1 Å². The van der Waals surface area contributed by atoms with Crippen LogP contribution in [-0.4, -0.2) is 36.5 Å². The minimum absolute atomic E-state index is 0.00765. The molecule has 2 heterocycles. The number of benzene rings is 1. The molecule has 0 saturated heterocycles. The van der Waals surface area contributed by atoms with Gasteiger partial charge in [-0.15, -0.1) is 11.3 Å². The Labute approximate surface area is 127 Å². The van der Waals surface area contributed by atoms with Crippen LogP contribution in [0.5, 0.6) is 0 Å². The Kier molecular flexibility index (Phi) is 3.77. The second-order valence-electron chi connectivity index (χ2n) is 4.89. The number of thiazole rings is 1. The van der Waals surface area contributed by atoms with Gasteiger partial charge >= 0.3 is 0 Å². The fourth-order valence-electron chi connectivity index (χ4n) is 2.39. The summed E-state index contributed by atoms with van der Waals surface area (Å²) in [6.45, 7) is 1.03. The topological polar surface area (TPSA) is 67.3 Å². The van der Waals surface area contributed by atoms with Crippen LogP contribution in [0.2, 0.25) is 0 Å². The third-order valence-electron chi connectivity index (χ3n) is 3.47. The Hall–Kier alpha value is -1.73. The molecule has 1 amide bonds. The first kappa shape index (κ1) is 14.2. The lowest BCUT2D eigenvalue weighted by molar-refractivity contribution is -0.129. The number of carbonyl (C=O) groups is 1. The van der Waals surface area contributed by atoms with E-state index in [-0.39, 0.29) is 10.2 Å². The number of aromatic nitrogens is 1. The summed E-state index contributed by atoms with van der Waals surface area (Å²) in [6.07, 6.45) is 2.19. The van der Waals surface area contributed by atoms with Gasteiger partial charge in [0, 0.05) is 24.7 Å². The quantitative estimate of drug-likeness (QED) is 0.859. The lowest BCUT2D eigenvalue weighted by Gasteiger charge is -2.28. The van der Waals surface area contributed by atoms with Gasteiger partial charge in [0.2, 0.25) is 20.1 Å². The zero-order valence-corrected chi connectivity index (χ0v) is 12.9. The molecule has 21 heavy (non-hydrogen) atoms. The zero-order chi connectivity index (χ0) is 14.9. The first-order valence-electron chi connectivity index (χ1n) is 6.53. The monoisotopic (exact) mass is 322 g/mol. The Morgan fingerprint density at radius 2 is 2.05 bits per heavy atom. The third kappa shape index (κ3) is 2.98. The molecule has 7 heteroatoms. The molecule has 1 aromatic heterocycles. The Morgan fingerprint density at radius 1 is 1.29 bits per heavy atom. The van der Waals surface area contributed by atoms with Crippen LogP contribution in [0.3, 0.4) is 0 Å². The second-order valence-corrected chi connectivity index (χ2v) is 7.95. The SMILES string of the molecule is O=C(CS(=O)(=O)c1nccs1)N1CCc2ccccc2C1. The number of hydrogen-bond donors (Lipinski definition) is 0. The van der Waals surface area contributed by atoms with Crippen molar-refractivity contribution in [3.63, 3.8) is 0 Å². The maximum absolute atomic E-state index is 12.2. The number of hydrogen-bond acceptors (Lipinski definition) is 5. The molecule has 0 saturated carbocycles. The van der Waals surface area contributed by atoms with Crippen LogP contribution in [0, 0.1) is 0 Å². The fraction of sp³-hybridized carbons (Fsp3) is 0.286. The van der Waals surface area contributed by atoms with Gasteiger partial charge in [-0.25, -0.2) is 13.4 Å². The minimum Gasteiger partial charge on any atom is -0.337 e. The van der Waals surface area contributed by atoms with Gasteiger partial charge in [0.25, 0.3) is 0 Å². The van der Waals surface area contributed by atoms with Crippen LogP contribution >= 0.6 is 11.3 Å². The molecule has 1 aliphatic heterocycles. The van der Waals surface area contributed by atoms with Crippen molar-refractivity contribution >= 4 is 27.1 Å². The van der Waals surface area contributed by atoms with Gasteiger partial charge in [-0.3, -0.25) is 4.79 Å². The van der Waals surface area contributed by atoms with E-state index in [0.717, 1.165) is 23.3 Å². The summed E-state index contributed by atoms with van der Waals surface area (Å²) >= 11 is 1.04. The van der Waals surface area contributed by atoms with Crippen LogP contribution in [0.25, 0.3) is 0 Å². The number of rotatable bonds is 3. The van der Waals surface area contributed by atoms with Crippen LogP contribution in [-0.2, 0) is 27.6 Å². The van der Waals surface area contributed by atoms with Crippen molar-refractivity contribution in [2.24, 2.45) is 0 Å². The molecule has 0 bridgehead atoms. The molecule has 0 unspecified atom stereocenters. The van der Waals surface area contributed by atoms with E-state index in [1.54, 1.807) is 10.3 Å². The Balaban J connectivity index is 1.73. The van der Waals surface area contributed by atoms with Gasteiger partial charge in [0.15, 0.2) is 0 Å². The lowest BCUT2D eigenvalue weighted by Crippen LogP contribution is -2.39. The number of sulfone groups is 1. The zero-order valence-electron chi connectivity index (χ0n) is 11.2. The highest BCUT2D eigenvalue weighted by Gasteiger charge is 2.27. The summed E-state index contributed by atoms with van der Waals surface area (Å²) in [7, 11) is -3.63. The normalized spacial score (nSPS) is 14.8.